The summed E-state index contributed by atoms with van der Waals surface area (Å²) in [6.45, 7) is 4.37. The van der Waals surface area contributed by atoms with Crippen molar-refractivity contribution in [3.63, 3.8) is 0 Å². The zero-order valence-corrected chi connectivity index (χ0v) is 13.6. The van der Waals surface area contributed by atoms with Gasteiger partial charge in [0.1, 0.15) is 0 Å². The van der Waals surface area contributed by atoms with Crippen LogP contribution in [0.2, 0.25) is 0 Å². The summed E-state index contributed by atoms with van der Waals surface area (Å²) in [6.07, 6.45) is 26.6. The van der Waals surface area contributed by atoms with Gasteiger partial charge in [-0.15, -0.1) is 0 Å². The van der Waals surface area contributed by atoms with Crippen molar-refractivity contribution in [3.05, 3.63) is 18.6 Å². The molecule has 0 heterocycles. The molecule has 0 spiro atoms. The van der Waals surface area contributed by atoms with Crippen molar-refractivity contribution in [2.45, 2.75) is 104 Å². The molecule has 0 saturated heterocycles. The van der Waals surface area contributed by atoms with E-state index in [0.717, 1.165) is 0 Å². The molecule has 1 radical (unpaired) electrons. The van der Waals surface area contributed by atoms with Crippen LogP contribution in [-0.4, -0.2) is 0 Å². The van der Waals surface area contributed by atoms with Gasteiger partial charge in [0.15, 0.2) is 0 Å². The van der Waals surface area contributed by atoms with Crippen molar-refractivity contribution in [2.75, 3.05) is 0 Å². The second-order valence-corrected chi connectivity index (χ2v) is 5.79. The number of rotatable bonds is 15. The van der Waals surface area contributed by atoms with Crippen molar-refractivity contribution >= 4 is 0 Å². The van der Waals surface area contributed by atoms with Crippen molar-refractivity contribution in [1.29, 1.82) is 0 Å². The van der Waals surface area contributed by atoms with Crippen LogP contribution >= 0.6 is 0 Å². The summed E-state index contributed by atoms with van der Waals surface area (Å²) < 4.78 is 0. The third kappa shape index (κ3) is 17.7. The summed E-state index contributed by atoms with van der Waals surface area (Å²) in [5, 5.41) is 0. The molecule has 0 fully saturated rings. The lowest BCUT2D eigenvalue weighted by atomic mass is 10.0. The summed E-state index contributed by atoms with van der Waals surface area (Å²) in [6, 6.07) is 0. The molecule has 0 amide bonds. The maximum Gasteiger partial charge on any atom is -0.0202 e. The Balaban J connectivity index is 2.93. The van der Waals surface area contributed by atoms with E-state index < -0.39 is 0 Å². The van der Waals surface area contributed by atoms with E-state index in [2.05, 4.69) is 32.4 Å². The van der Waals surface area contributed by atoms with Gasteiger partial charge in [-0.3, -0.25) is 0 Å². The molecule has 0 unspecified atom stereocenters. The summed E-state index contributed by atoms with van der Waals surface area (Å²) in [5.74, 6) is 0. The van der Waals surface area contributed by atoms with E-state index in [1.807, 2.05) is 0 Å². The van der Waals surface area contributed by atoms with E-state index in [-0.39, 0.29) is 0 Å². The molecule has 113 valence electrons. The average molecular weight is 266 g/mol. The molecule has 0 rings (SSSR count). The third-order valence-electron chi connectivity index (χ3n) is 3.80. The zero-order valence-electron chi connectivity index (χ0n) is 13.6. The fraction of sp³-hybridized carbons (Fsp3) is 0.842. The van der Waals surface area contributed by atoms with E-state index >= 15 is 0 Å². The molecule has 0 saturated carbocycles. The van der Waals surface area contributed by atoms with Crippen LogP contribution in [0.25, 0.3) is 0 Å². The Labute approximate surface area is 123 Å². The first-order chi connectivity index (χ1) is 9.41. The molecule has 19 heavy (non-hydrogen) atoms. The van der Waals surface area contributed by atoms with E-state index in [1.54, 1.807) is 0 Å². The maximum absolute atomic E-state index is 2.29. The molecule has 0 aromatic heterocycles. The predicted octanol–water partition coefficient (Wildman–Crippen LogP) is 7.25. The Morgan fingerprint density at radius 1 is 0.579 bits per heavy atom. The smallest absolute Gasteiger partial charge is 0.0202 e. The predicted molar refractivity (Wildman–Crippen MR) is 89.4 cm³/mol. The van der Waals surface area contributed by atoms with Gasteiger partial charge in [-0.25, -0.2) is 0 Å². The van der Waals surface area contributed by atoms with Crippen LogP contribution < -0.4 is 0 Å². The summed E-state index contributed by atoms with van der Waals surface area (Å²) in [4.78, 5) is 0. The van der Waals surface area contributed by atoms with E-state index in [4.69, 9.17) is 0 Å². The molecule has 0 N–H and O–H groups in total. The first-order valence-corrected chi connectivity index (χ1v) is 8.86. The van der Waals surface area contributed by atoms with Crippen LogP contribution in [0, 0.1) is 6.42 Å². The first-order valence-electron chi connectivity index (χ1n) is 8.86. The minimum Gasteiger partial charge on any atom is -0.0882 e. The molecular weight excluding hydrogens is 228 g/mol. The molecule has 0 aromatic carbocycles. The van der Waals surface area contributed by atoms with Gasteiger partial charge in [0.25, 0.3) is 0 Å². The molecule has 0 aliphatic rings. The highest BCUT2D eigenvalue weighted by Gasteiger charge is 1.93. The van der Waals surface area contributed by atoms with E-state index in [9.17, 15) is 0 Å². The molecule has 0 aromatic rings. The van der Waals surface area contributed by atoms with Gasteiger partial charge in [0.2, 0.25) is 0 Å². The van der Waals surface area contributed by atoms with Crippen LogP contribution in [0.15, 0.2) is 12.2 Å². The van der Waals surface area contributed by atoms with Crippen molar-refractivity contribution in [3.8, 4) is 0 Å². The molecule has 0 nitrogen and oxygen atoms in total. The van der Waals surface area contributed by atoms with Crippen molar-refractivity contribution in [1.82, 2.24) is 0 Å². The third-order valence-corrected chi connectivity index (χ3v) is 3.80. The molecule has 0 aliphatic heterocycles. The number of hydrogen-bond donors (Lipinski definition) is 0. The Hall–Kier alpha value is -0.260. The Kier molecular flexibility index (Phi) is 17.5. The van der Waals surface area contributed by atoms with Crippen molar-refractivity contribution < 1.29 is 0 Å². The van der Waals surface area contributed by atoms with Gasteiger partial charge in [-0.2, -0.15) is 0 Å². The second-order valence-electron chi connectivity index (χ2n) is 5.79. The summed E-state index contributed by atoms with van der Waals surface area (Å²) in [5.41, 5.74) is 0. The SMILES string of the molecule is C[CH]C=CCCCCCCCCCCCCCCC. The van der Waals surface area contributed by atoms with Gasteiger partial charge in [-0.05, 0) is 19.3 Å². The minimum atomic E-state index is 1.27. The van der Waals surface area contributed by atoms with E-state index in [0.29, 0.717) is 0 Å². The maximum atomic E-state index is 2.29. The normalized spacial score (nSPS) is 11.5. The van der Waals surface area contributed by atoms with Crippen LogP contribution in [0.4, 0.5) is 0 Å². The second kappa shape index (κ2) is 17.7. The van der Waals surface area contributed by atoms with Gasteiger partial charge in [0.05, 0.1) is 0 Å². The highest BCUT2D eigenvalue weighted by atomic mass is 14.0. The van der Waals surface area contributed by atoms with Gasteiger partial charge in [-0.1, -0.05) is 103 Å². The lowest BCUT2D eigenvalue weighted by Gasteiger charge is -2.02. The average Bonchev–Trinajstić information content (AvgIpc) is 2.43. The first kappa shape index (κ1) is 18.7. The van der Waals surface area contributed by atoms with Gasteiger partial charge in [0, 0.05) is 0 Å². The van der Waals surface area contributed by atoms with Crippen LogP contribution in [0.5, 0.6) is 0 Å². The van der Waals surface area contributed by atoms with Crippen molar-refractivity contribution in [2.24, 2.45) is 0 Å². The zero-order chi connectivity index (χ0) is 14.0. The number of hydrogen-bond acceptors (Lipinski definition) is 0. The highest BCUT2D eigenvalue weighted by molar-refractivity contribution is 4.91. The molecule has 0 heteroatoms. The van der Waals surface area contributed by atoms with E-state index in [1.165, 1.54) is 89.9 Å². The fourth-order valence-corrected chi connectivity index (χ4v) is 2.51. The Morgan fingerprint density at radius 2 is 1.00 bits per heavy atom. The molecule has 0 atom stereocenters. The van der Waals surface area contributed by atoms with Crippen LogP contribution in [0.1, 0.15) is 104 Å². The highest BCUT2D eigenvalue weighted by Crippen LogP contribution is 2.12. The van der Waals surface area contributed by atoms with Crippen LogP contribution in [0.3, 0.4) is 0 Å². The fourth-order valence-electron chi connectivity index (χ4n) is 2.51. The molecular formula is C19H37. The largest absolute Gasteiger partial charge is 0.0882 e. The number of unbranched alkanes of at least 4 members (excludes halogenated alkanes) is 13. The summed E-state index contributed by atoms with van der Waals surface area (Å²) >= 11 is 0. The monoisotopic (exact) mass is 265 g/mol. The standard InChI is InChI=1S/C19H37/c1-3-5-7-9-11-13-15-17-19-18-16-14-12-10-8-6-4-2/h3,5,7H,4,6,8-19H2,1-2H3. The summed E-state index contributed by atoms with van der Waals surface area (Å²) in [7, 11) is 0. The number of allylic oxidation sites excluding steroid dienone is 2. The minimum absolute atomic E-state index is 1.27. The lowest BCUT2D eigenvalue weighted by Crippen LogP contribution is -1.82. The topological polar surface area (TPSA) is 0 Å². The molecule has 0 bridgehead atoms. The Morgan fingerprint density at radius 3 is 1.42 bits per heavy atom. The quantitative estimate of drug-likeness (QED) is 0.274. The molecule has 0 aliphatic carbocycles. The van der Waals surface area contributed by atoms with Gasteiger partial charge < -0.3 is 0 Å². The lowest BCUT2D eigenvalue weighted by molar-refractivity contribution is 0.540. The Bertz CT molecular complexity index is 169. The van der Waals surface area contributed by atoms with Crippen LogP contribution in [-0.2, 0) is 0 Å². The van der Waals surface area contributed by atoms with Gasteiger partial charge >= 0.3 is 0 Å².